The summed E-state index contributed by atoms with van der Waals surface area (Å²) in [5.74, 6) is -4.78. The monoisotopic (exact) mass is 407 g/mol. The highest BCUT2D eigenvalue weighted by atomic mass is 32.2. The maximum atomic E-state index is 12.3. The van der Waals surface area contributed by atoms with Crippen molar-refractivity contribution in [1.82, 2.24) is 10.6 Å². The van der Waals surface area contributed by atoms with E-state index in [1.54, 1.807) is 6.26 Å². The van der Waals surface area contributed by atoms with Gasteiger partial charge in [0, 0.05) is 12.8 Å². The molecule has 2 amide bonds. The number of aliphatic carboxylic acids is 3. The van der Waals surface area contributed by atoms with Crippen LogP contribution in [0.25, 0.3) is 0 Å². The van der Waals surface area contributed by atoms with E-state index in [4.69, 9.17) is 21.1 Å². The van der Waals surface area contributed by atoms with E-state index in [-0.39, 0.29) is 25.7 Å². The Hall–Kier alpha value is -2.34. The number of carbonyl (C=O) groups is 5. The number of nitrogens with two attached hydrogens (primary N) is 1. The minimum atomic E-state index is -1.30. The molecule has 0 saturated heterocycles. The quantitative estimate of drug-likeness (QED) is 0.204. The first kappa shape index (κ1) is 24.7. The SMILES string of the molecule is CSCCC(NC(=O)C(CCC(=O)O)NC(=O)C(N)CCC(=O)O)C(=O)O. The lowest BCUT2D eigenvalue weighted by atomic mass is 10.1. The fourth-order valence-electron chi connectivity index (χ4n) is 1.99. The molecular formula is C15H25N3O8S. The first-order valence-corrected chi connectivity index (χ1v) is 9.49. The summed E-state index contributed by atoms with van der Waals surface area (Å²) in [4.78, 5) is 56.9. The molecule has 0 aliphatic rings. The largest absolute Gasteiger partial charge is 0.481 e. The van der Waals surface area contributed by atoms with Gasteiger partial charge < -0.3 is 31.7 Å². The third kappa shape index (κ3) is 11.1. The highest BCUT2D eigenvalue weighted by Gasteiger charge is 2.28. The number of rotatable bonds is 14. The normalized spacial score (nSPS) is 13.9. The van der Waals surface area contributed by atoms with E-state index in [9.17, 15) is 24.0 Å². The van der Waals surface area contributed by atoms with Gasteiger partial charge in [-0.2, -0.15) is 11.8 Å². The van der Waals surface area contributed by atoms with Crippen molar-refractivity contribution in [2.75, 3.05) is 12.0 Å². The first-order valence-electron chi connectivity index (χ1n) is 8.10. The van der Waals surface area contributed by atoms with Crippen molar-refractivity contribution in [3.63, 3.8) is 0 Å². The van der Waals surface area contributed by atoms with Gasteiger partial charge in [-0.25, -0.2) is 4.79 Å². The molecule has 0 rings (SSSR count). The number of nitrogens with one attached hydrogen (secondary N) is 2. The van der Waals surface area contributed by atoms with E-state index < -0.39 is 54.3 Å². The molecular weight excluding hydrogens is 382 g/mol. The molecule has 3 atom stereocenters. The number of amides is 2. The molecule has 27 heavy (non-hydrogen) atoms. The molecule has 0 aromatic carbocycles. The molecule has 0 aliphatic heterocycles. The summed E-state index contributed by atoms with van der Waals surface area (Å²) >= 11 is 1.39. The van der Waals surface area contributed by atoms with Crippen LogP contribution in [0.2, 0.25) is 0 Å². The van der Waals surface area contributed by atoms with Crippen LogP contribution in [0.1, 0.15) is 32.1 Å². The molecule has 0 bridgehead atoms. The van der Waals surface area contributed by atoms with Gasteiger partial charge in [0.15, 0.2) is 0 Å². The van der Waals surface area contributed by atoms with Gasteiger partial charge in [-0.15, -0.1) is 0 Å². The van der Waals surface area contributed by atoms with Crippen LogP contribution in [0.4, 0.5) is 0 Å². The molecule has 0 radical (unpaired) electrons. The molecule has 0 heterocycles. The van der Waals surface area contributed by atoms with Gasteiger partial charge in [-0.3, -0.25) is 19.2 Å². The Bertz CT molecular complexity index is 557. The topological polar surface area (TPSA) is 196 Å². The van der Waals surface area contributed by atoms with Crippen molar-refractivity contribution in [3.8, 4) is 0 Å². The van der Waals surface area contributed by atoms with Crippen molar-refractivity contribution < 1.29 is 39.3 Å². The maximum Gasteiger partial charge on any atom is 0.326 e. The van der Waals surface area contributed by atoms with Crippen molar-refractivity contribution in [2.24, 2.45) is 5.73 Å². The Morgan fingerprint density at radius 2 is 1.37 bits per heavy atom. The lowest BCUT2D eigenvalue weighted by Gasteiger charge is -2.22. The Kier molecular flexibility index (Phi) is 11.8. The lowest BCUT2D eigenvalue weighted by molar-refractivity contribution is -0.143. The molecule has 0 spiro atoms. The summed E-state index contributed by atoms with van der Waals surface area (Å²) in [5, 5.41) is 31.1. The number of thioether (sulfide) groups is 1. The summed E-state index contributed by atoms with van der Waals surface area (Å²) in [5.41, 5.74) is 5.56. The molecule has 0 fully saturated rings. The molecule has 12 heteroatoms. The molecule has 7 N–H and O–H groups in total. The molecule has 154 valence electrons. The average Bonchev–Trinajstić information content (AvgIpc) is 2.58. The summed E-state index contributed by atoms with van der Waals surface area (Å²) < 4.78 is 0. The molecule has 0 aromatic rings. The average molecular weight is 407 g/mol. The van der Waals surface area contributed by atoms with E-state index in [1.165, 1.54) is 11.8 Å². The second-order valence-corrected chi connectivity index (χ2v) is 6.70. The molecule has 3 unspecified atom stereocenters. The van der Waals surface area contributed by atoms with Crippen LogP contribution in [0.15, 0.2) is 0 Å². The van der Waals surface area contributed by atoms with Crippen LogP contribution in [0, 0.1) is 0 Å². The highest BCUT2D eigenvalue weighted by Crippen LogP contribution is 2.05. The Morgan fingerprint density at radius 3 is 1.85 bits per heavy atom. The molecule has 0 aliphatic carbocycles. The highest BCUT2D eigenvalue weighted by molar-refractivity contribution is 7.98. The summed E-state index contributed by atoms with van der Waals surface area (Å²) in [6, 6.07) is -3.69. The minimum Gasteiger partial charge on any atom is -0.481 e. The van der Waals surface area contributed by atoms with Gasteiger partial charge in [0.1, 0.15) is 12.1 Å². The van der Waals surface area contributed by atoms with Crippen LogP contribution >= 0.6 is 11.8 Å². The third-order valence-corrected chi connectivity index (χ3v) is 4.16. The standard InChI is InChI=1S/C15H25N3O8S/c1-27-7-6-10(15(25)26)18-14(24)9(3-5-12(21)22)17-13(23)8(16)2-4-11(19)20/h8-10H,2-7,16H2,1H3,(H,17,23)(H,18,24)(H,19,20)(H,21,22)(H,25,26). The van der Waals surface area contributed by atoms with E-state index in [1.807, 2.05) is 0 Å². The number of carbonyl (C=O) groups excluding carboxylic acids is 2. The Balaban J connectivity index is 5.01. The van der Waals surface area contributed by atoms with Crippen LogP contribution in [-0.4, -0.2) is 75.2 Å². The second-order valence-electron chi connectivity index (χ2n) is 5.71. The van der Waals surface area contributed by atoms with Crippen LogP contribution in [-0.2, 0) is 24.0 Å². The lowest BCUT2D eigenvalue weighted by Crippen LogP contribution is -2.54. The predicted octanol–water partition coefficient (Wildman–Crippen LogP) is -1.15. The fourth-order valence-corrected chi connectivity index (χ4v) is 2.46. The van der Waals surface area contributed by atoms with E-state index in [0.29, 0.717) is 5.75 Å². The number of hydrogen-bond acceptors (Lipinski definition) is 7. The van der Waals surface area contributed by atoms with Crippen molar-refractivity contribution >= 4 is 41.5 Å². The third-order valence-electron chi connectivity index (χ3n) is 3.51. The minimum absolute atomic E-state index is 0.153. The van der Waals surface area contributed by atoms with Gasteiger partial charge >= 0.3 is 17.9 Å². The molecule has 11 nitrogen and oxygen atoms in total. The number of carboxylic acids is 3. The van der Waals surface area contributed by atoms with Crippen molar-refractivity contribution in [3.05, 3.63) is 0 Å². The molecule has 0 aromatic heterocycles. The Labute approximate surface area is 160 Å². The van der Waals surface area contributed by atoms with E-state index in [2.05, 4.69) is 10.6 Å². The Morgan fingerprint density at radius 1 is 0.852 bits per heavy atom. The number of carboxylic acid groups (broad SMARTS) is 3. The summed E-state index contributed by atoms with van der Waals surface area (Å²) in [6.45, 7) is 0. The van der Waals surface area contributed by atoms with Gasteiger partial charge in [-0.1, -0.05) is 0 Å². The van der Waals surface area contributed by atoms with Gasteiger partial charge in [-0.05, 0) is 31.3 Å². The zero-order valence-electron chi connectivity index (χ0n) is 14.8. The van der Waals surface area contributed by atoms with Crippen LogP contribution in [0.5, 0.6) is 0 Å². The van der Waals surface area contributed by atoms with Crippen LogP contribution < -0.4 is 16.4 Å². The van der Waals surface area contributed by atoms with E-state index in [0.717, 1.165) is 0 Å². The van der Waals surface area contributed by atoms with E-state index >= 15 is 0 Å². The zero-order chi connectivity index (χ0) is 21.0. The second kappa shape index (κ2) is 12.9. The van der Waals surface area contributed by atoms with Gasteiger partial charge in [0.25, 0.3) is 0 Å². The number of hydrogen-bond donors (Lipinski definition) is 6. The summed E-state index contributed by atoms with van der Waals surface area (Å²) in [6.07, 6.45) is 0.698. The predicted molar refractivity (Wildman–Crippen MR) is 96.2 cm³/mol. The van der Waals surface area contributed by atoms with Crippen LogP contribution in [0.3, 0.4) is 0 Å². The molecule has 0 saturated carbocycles. The smallest absolute Gasteiger partial charge is 0.326 e. The maximum absolute atomic E-state index is 12.3. The first-order chi connectivity index (χ1) is 12.6. The van der Waals surface area contributed by atoms with Gasteiger partial charge in [0.2, 0.25) is 11.8 Å². The fraction of sp³-hybridized carbons (Fsp3) is 0.667. The van der Waals surface area contributed by atoms with Gasteiger partial charge in [0.05, 0.1) is 6.04 Å². The van der Waals surface area contributed by atoms with Crippen molar-refractivity contribution in [2.45, 2.75) is 50.2 Å². The zero-order valence-corrected chi connectivity index (χ0v) is 15.7. The van der Waals surface area contributed by atoms with Crippen molar-refractivity contribution in [1.29, 1.82) is 0 Å². The summed E-state index contributed by atoms with van der Waals surface area (Å²) in [7, 11) is 0.